The topological polar surface area (TPSA) is 69.7 Å². The summed E-state index contributed by atoms with van der Waals surface area (Å²) in [6.07, 6.45) is 0.274. The summed E-state index contributed by atoms with van der Waals surface area (Å²) in [6, 6.07) is 27.7. The molecule has 0 unspecified atom stereocenters. The molecule has 0 bridgehead atoms. The third kappa shape index (κ3) is 6.60. The van der Waals surface area contributed by atoms with Crippen molar-refractivity contribution in [2.75, 3.05) is 28.8 Å². The summed E-state index contributed by atoms with van der Waals surface area (Å²) in [7, 11) is -4.18. The zero-order valence-corrected chi connectivity index (χ0v) is 24.6. The van der Waals surface area contributed by atoms with Gasteiger partial charge in [-0.25, -0.2) is 8.42 Å². The molecule has 1 saturated heterocycles. The maximum absolute atomic E-state index is 10.8. The molecule has 3 aromatic carbocycles. The Morgan fingerprint density at radius 3 is 2.00 bits per heavy atom. The molecule has 5 rings (SSSR count). The molecular weight excluding hydrogens is 521 g/mol. The SMILES string of the molecule is O=S(=O)([O-])CCCOC1CSC(=C2c3ccccc3N(Cc3ccccc3)c3ccccc32)SC1.[Na+]. The number of thioether (sulfide) groups is 2. The normalized spacial score (nSPS) is 17.2. The molecule has 36 heavy (non-hydrogen) atoms. The smallest absolute Gasteiger partial charge is 0.748 e. The summed E-state index contributed by atoms with van der Waals surface area (Å²) < 4.78 is 39.5. The van der Waals surface area contributed by atoms with Gasteiger partial charge in [0, 0.05) is 62.7 Å². The fourth-order valence-electron chi connectivity index (χ4n) is 4.43. The Morgan fingerprint density at radius 2 is 1.42 bits per heavy atom. The molecule has 0 saturated carbocycles. The van der Waals surface area contributed by atoms with E-state index >= 15 is 0 Å². The standard InChI is InChI=1S/C27H27NO4S3.Na/c29-35(30,31)16-8-15-32-21-18-33-27(34-19-21)26-22-11-4-6-13-24(22)28(17-20-9-2-1-3-10-20)25-14-7-5-12-23(25)26;/h1-7,9-14,21H,8,15-19H2,(H,29,30,31);/q;+1/p-1. The molecule has 0 atom stereocenters. The molecule has 0 spiro atoms. The average molecular weight is 548 g/mol. The van der Waals surface area contributed by atoms with E-state index in [4.69, 9.17) is 4.74 Å². The second kappa shape index (κ2) is 12.5. The number of ether oxygens (including phenoxy) is 1. The Labute approximate surface area is 243 Å². The molecule has 0 amide bonds. The molecule has 2 heterocycles. The molecule has 182 valence electrons. The predicted molar refractivity (Wildman–Crippen MR) is 145 cm³/mol. The Kier molecular flexibility index (Phi) is 9.68. The van der Waals surface area contributed by atoms with Gasteiger partial charge >= 0.3 is 29.6 Å². The van der Waals surface area contributed by atoms with E-state index in [-0.39, 0.29) is 47.8 Å². The van der Waals surface area contributed by atoms with Crippen molar-refractivity contribution in [2.24, 2.45) is 0 Å². The van der Waals surface area contributed by atoms with Gasteiger partial charge in [-0.15, -0.1) is 23.5 Å². The van der Waals surface area contributed by atoms with Crippen molar-refractivity contribution in [2.45, 2.75) is 19.1 Å². The number of nitrogens with zero attached hydrogens (tertiary/aromatic N) is 1. The first-order chi connectivity index (χ1) is 17.0. The van der Waals surface area contributed by atoms with Crippen molar-refractivity contribution < 1.29 is 47.3 Å². The summed E-state index contributed by atoms with van der Waals surface area (Å²) in [4.78, 5) is 2.40. The zero-order chi connectivity index (χ0) is 24.3. The van der Waals surface area contributed by atoms with Crippen LogP contribution in [0.3, 0.4) is 0 Å². The van der Waals surface area contributed by atoms with Crippen molar-refractivity contribution in [1.29, 1.82) is 0 Å². The van der Waals surface area contributed by atoms with Gasteiger partial charge in [0.2, 0.25) is 0 Å². The van der Waals surface area contributed by atoms with Crippen LogP contribution in [0.2, 0.25) is 0 Å². The monoisotopic (exact) mass is 547 g/mol. The Balaban J connectivity index is 0.00000304. The van der Waals surface area contributed by atoms with Gasteiger partial charge in [-0.05, 0) is 24.1 Å². The van der Waals surface area contributed by atoms with Crippen molar-refractivity contribution in [3.8, 4) is 0 Å². The van der Waals surface area contributed by atoms with Crippen LogP contribution in [0.4, 0.5) is 11.4 Å². The van der Waals surface area contributed by atoms with Gasteiger partial charge in [0.1, 0.15) is 0 Å². The number of hydrogen-bond donors (Lipinski definition) is 0. The van der Waals surface area contributed by atoms with E-state index in [0.29, 0.717) is 6.61 Å². The van der Waals surface area contributed by atoms with Gasteiger partial charge in [-0.3, -0.25) is 0 Å². The van der Waals surface area contributed by atoms with Crippen molar-refractivity contribution in [3.05, 3.63) is 99.8 Å². The molecule has 3 aromatic rings. The van der Waals surface area contributed by atoms with Crippen LogP contribution in [0.1, 0.15) is 23.1 Å². The fourth-order valence-corrected chi connectivity index (χ4v) is 7.62. The predicted octanol–water partition coefficient (Wildman–Crippen LogP) is 2.86. The molecule has 1 fully saturated rings. The first-order valence-electron chi connectivity index (χ1n) is 11.5. The third-order valence-corrected chi connectivity index (χ3v) is 9.51. The third-order valence-electron chi connectivity index (χ3n) is 6.01. The Morgan fingerprint density at radius 1 is 0.861 bits per heavy atom. The van der Waals surface area contributed by atoms with E-state index in [1.54, 1.807) is 23.5 Å². The molecule has 5 nitrogen and oxygen atoms in total. The number of para-hydroxylation sites is 2. The minimum atomic E-state index is -4.18. The first-order valence-corrected chi connectivity index (χ1v) is 15.1. The van der Waals surface area contributed by atoms with E-state index in [2.05, 4.69) is 77.7 Å². The van der Waals surface area contributed by atoms with Crippen molar-refractivity contribution in [3.63, 3.8) is 0 Å². The number of anilines is 2. The molecule has 0 aromatic heterocycles. The Bertz CT molecular complexity index is 1270. The summed E-state index contributed by atoms with van der Waals surface area (Å²) in [6.45, 7) is 1.09. The van der Waals surface area contributed by atoms with Gasteiger partial charge < -0.3 is 14.2 Å². The summed E-state index contributed by atoms with van der Waals surface area (Å²) >= 11 is 3.59. The van der Waals surface area contributed by atoms with Crippen LogP contribution < -0.4 is 34.5 Å². The van der Waals surface area contributed by atoms with Crippen LogP contribution in [0.15, 0.2) is 83.1 Å². The van der Waals surface area contributed by atoms with Crippen LogP contribution in [0.5, 0.6) is 0 Å². The summed E-state index contributed by atoms with van der Waals surface area (Å²) in [5.74, 6) is 1.23. The number of rotatable bonds is 7. The first kappa shape index (κ1) is 27.8. The quantitative estimate of drug-likeness (QED) is 0.256. The van der Waals surface area contributed by atoms with Gasteiger partial charge in [0.25, 0.3) is 0 Å². The van der Waals surface area contributed by atoms with Crippen LogP contribution in [0.25, 0.3) is 5.57 Å². The van der Waals surface area contributed by atoms with Crippen LogP contribution in [-0.4, -0.2) is 42.9 Å². The Hall–Kier alpha value is -1.23. The summed E-state index contributed by atoms with van der Waals surface area (Å²) in [5.41, 5.74) is 7.41. The van der Waals surface area contributed by atoms with E-state index in [0.717, 1.165) is 18.1 Å². The number of hydrogen-bond acceptors (Lipinski definition) is 7. The maximum atomic E-state index is 10.8. The zero-order valence-electron chi connectivity index (χ0n) is 20.1. The van der Waals surface area contributed by atoms with E-state index < -0.39 is 10.1 Å². The molecule has 2 aliphatic heterocycles. The summed E-state index contributed by atoms with van der Waals surface area (Å²) in [5, 5.41) is 0. The van der Waals surface area contributed by atoms with E-state index in [9.17, 15) is 13.0 Å². The molecule has 9 heteroatoms. The van der Waals surface area contributed by atoms with E-state index in [1.165, 1.54) is 37.9 Å². The van der Waals surface area contributed by atoms with Crippen LogP contribution in [-0.2, 0) is 21.4 Å². The largest absolute Gasteiger partial charge is 1.00 e. The molecule has 0 aliphatic carbocycles. The van der Waals surface area contributed by atoms with Crippen LogP contribution >= 0.6 is 23.5 Å². The second-order valence-electron chi connectivity index (χ2n) is 8.50. The van der Waals surface area contributed by atoms with Gasteiger partial charge in [0.15, 0.2) is 0 Å². The van der Waals surface area contributed by atoms with Gasteiger partial charge in [-0.1, -0.05) is 66.7 Å². The molecule has 0 radical (unpaired) electrons. The fraction of sp³-hybridized carbons (Fsp3) is 0.259. The molecule has 0 N–H and O–H groups in total. The van der Waals surface area contributed by atoms with Gasteiger partial charge in [0.05, 0.1) is 16.2 Å². The number of benzene rings is 3. The minimum absolute atomic E-state index is 0. The maximum Gasteiger partial charge on any atom is 1.00 e. The minimum Gasteiger partial charge on any atom is -0.748 e. The van der Waals surface area contributed by atoms with Crippen LogP contribution in [0, 0.1) is 0 Å². The van der Waals surface area contributed by atoms with E-state index in [1.807, 2.05) is 6.07 Å². The number of fused-ring (bicyclic) bond motifs is 2. The average Bonchev–Trinajstić information content (AvgIpc) is 2.87. The molecular formula is C27H26NNaO4S3. The van der Waals surface area contributed by atoms with Gasteiger partial charge in [-0.2, -0.15) is 0 Å². The second-order valence-corrected chi connectivity index (χ2v) is 12.3. The van der Waals surface area contributed by atoms with Crippen molar-refractivity contribution >= 4 is 50.6 Å². The molecule has 2 aliphatic rings. The van der Waals surface area contributed by atoms with Crippen molar-refractivity contribution in [1.82, 2.24) is 0 Å².